The fourth-order valence-electron chi connectivity index (χ4n) is 8.84. The van der Waals surface area contributed by atoms with Crippen molar-refractivity contribution < 1.29 is 14.4 Å². The van der Waals surface area contributed by atoms with Crippen molar-refractivity contribution in [3.8, 4) is 0 Å². The van der Waals surface area contributed by atoms with Gasteiger partial charge in [0.2, 0.25) is 0 Å². The summed E-state index contributed by atoms with van der Waals surface area (Å²) in [5.74, 6) is 4.80. The SMILES string of the molecule is C[C@H](CCP(=O)(O)O)C1CCC2C3CCC4CCCCC4(C)C3CC[C@@]21C. The van der Waals surface area contributed by atoms with Gasteiger partial charge in [0, 0.05) is 0 Å². The smallest absolute Gasteiger partial charge is 0.324 e. The molecule has 4 saturated carbocycles. The fourth-order valence-corrected chi connectivity index (χ4v) is 9.59. The Hall–Kier alpha value is 0.150. The second kappa shape index (κ2) is 7.13. The molecule has 2 N–H and O–H groups in total. The van der Waals surface area contributed by atoms with Crippen LogP contribution in [-0.4, -0.2) is 15.9 Å². The Morgan fingerprint density at radius 3 is 2.41 bits per heavy atom. The molecule has 27 heavy (non-hydrogen) atoms. The molecule has 8 atom stereocenters. The van der Waals surface area contributed by atoms with Gasteiger partial charge in [-0.15, -0.1) is 0 Å². The molecule has 0 saturated heterocycles. The predicted octanol–water partition coefficient (Wildman–Crippen LogP) is 6.24. The first-order valence-corrected chi connectivity index (χ1v) is 13.5. The number of fused-ring (bicyclic) bond motifs is 5. The molecule has 4 heteroatoms. The maximum Gasteiger partial charge on any atom is 0.325 e. The third kappa shape index (κ3) is 3.49. The maximum absolute atomic E-state index is 11.4. The Morgan fingerprint density at radius 1 is 0.926 bits per heavy atom. The van der Waals surface area contributed by atoms with Crippen molar-refractivity contribution in [2.45, 2.75) is 91.4 Å². The third-order valence-electron chi connectivity index (χ3n) is 10.2. The molecule has 3 nitrogen and oxygen atoms in total. The van der Waals surface area contributed by atoms with E-state index in [-0.39, 0.29) is 6.16 Å². The molecule has 0 amide bonds. The summed E-state index contributed by atoms with van der Waals surface area (Å²) in [6, 6.07) is 0. The number of hydrogen-bond donors (Lipinski definition) is 2. The van der Waals surface area contributed by atoms with Crippen molar-refractivity contribution >= 4 is 7.60 Å². The zero-order valence-corrected chi connectivity index (χ0v) is 18.6. The average molecular weight is 397 g/mol. The van der Waals surface area contributed by atoms with Crippen molar-refractivity contribution in [2.75, 3.05) is 6.16 Å². The van der Waals surface area contributed by atoms with Gasteiger partial charge in [0.15, 0.2) is 0 Å². The van der Waals surface area contributed by atoms with Gasteiger partial charge in [-0.1, -0.05) is 33.6 Å². The largest absolute Gasteiger partial charge is 0.325 e. The summed E-state index contributed by atoms with van der Waals surface area (Å²) < 4.78 is 11.4. The monoisotopic (exact) mass is 396 g/mol. The molecule has 156 valence electrons. The molecule has 4 rings (SSSR count). The Balaban J connectivity index is 1.50. The van der Waals surface area contributed by atoms with Crippen molar-refractivity contribution in [1.82, 2.24) is 0 Å². The van der Waals surface area contributed by atoms with Crippen LogP contribution in [0.3, 0.4) is 0 Å². The van der Waals surface area contributed by atoms with Crippen molar-refractivity contribution in [1.29, 1.82) is 0 Å². The van der Waals surface area contributed by atoms with Crippen molar-refractivity contribution in [3.63, 3.8) is 0 Å². The molecular formula is C23H41O3P. The van der Waals surface area contributed by atoms with E-state index in [4.69, 9.17) is 0 Å². The zero-order chi connectivity index (χ0) is 19.4. The van der Waals surface area contributed by atoms with Gasteiger partial charge in [0.25, 0.3) is 0 Å². The Morgan fingerprint density at radius 2 is 1.67 bits per heavy atom. The molecule has 0 aromatic carbocycles. The van der Waals surface area contributed by atoms with Crippen molar-refractivity contribution in [3.05, 3.63) is 0 Å². The van der Waals surface area contributed by atoms with E-state index in [2.05, 4.69) is 20.8 Å². The highest BCUT2D eigenvalue weighted by atomic mass is 31.2. The summed E-state index contributed by atoms with van der Waals surface area (Å²) in [6.07, 6.45) is 14.9. The normalized spacial score (nSPS) is 48.4. The second-order valence-corrected chi connectivity index (χ2v) is 13.1. The molecule has 0 aromatic heterocycles. The summed E-state index contributed by atoms with van der Waals surface area (Å²) in [7, 11) is -3.87. The predicted molar refractivity (Wildman–Crippen MR) is 111 cm³/mol. The molecule has 4 aliphatic rings. The van der Waals surface area contributed by atoms with Crippen LogP contribution in [-0.2, 0) is 4.57 Å². The van der Waals surface area contributed by atoms with Gasteiger partial charge >= 0.3 is 7.60 Å². The molecule has 0 bridgehead atoms. The van der Waals surface area contributed by atoms with Gasteiger partial charge in [-0.25, -0.2) is 0 Å². The van der Waals surface area contributed by atoms with E-state index < -0.39 is 7.60 Å². The molecule has 6 unspecified atom stereocenters. The van der Waals surface area contributed by atoms with Crippen LogP contribution < -0.4 is 0 Å². The summed E-state index contributed by atoms with van der Waals surface area (Å²) in [6.45, 7) is 7.46. The summed E-state index contributed by atoms with van der Waals surface area (Å²) in [4.78, 5) is 18.6. The van der Waals surface area contributed by atoms with E-state index in [0.29, 0.717) is 29.1 Å². The van der Waals surface area contributed by atoms with E-state index in [9.17, 15) is 14.4 Å². The first-order chi connectivity index (χ1) is 12.7. The summed E-state index contributed by atoms with van der Waals surface area (Å²) in [5.41, 5.74) is 1.01. The van der Waals surface area contributed by atoms with E-state index in [1.165, 1.54) is 64.2 Å². The van der Waals surface area contributed by atoms with E-state index in [1.807, 2.05) is 0 Å². The van der Waals surface area contributed by atoms with Crippen LogP contribution >= 0.6 is 7.60 Å². The highest BCUT2D eigenvalue weighted by molar-refractivity contribution is 7.51. The molecule has 0 aliphatic heterocycles. The molecule has 4 fully saturated rings. The van der Waals surface area contributed by atoms with Gasteiger partial charge in [0.05, 0.1) is 6.16 Å². The van der Waals surface area contributed by atoms with E-state index in [1.54, 1.807) is 0 Å². The third-order valence-corrected chi connectivity index (χ3v) is 11.1. The van der Waals surface area contributed by atoms with Gasteiger partial charge in [-0.2, -0.15) is 0 Å². The minimum Gasteiger partial charge on any atom is -0.324 e. The number of rotatable bonds is 4. The van der Waals surface area contributed by atoms with Crippen LogP contribution in [0.15, 0.2) is 0 Å². The Labute approximate surface area is 166 Å². The Kier molecular flexibility index (Phi) is 5.40. The van der Waals surface area contributed by atoms with Crippen LogP contribution in [0, 0.1) is 46.3 Å². The lowest BCUT2D eigenvalue weighted by Crippen LogP contribution is -2.53. The average Bonchev–Trinajstić information content (AvgIpc) is 2.96. The summed E-state index contributed by atoms with van der Waals surface area (Å²) in [5, 5.41) is 0. The molecular weight excluding hydrogens is 355 g/mol. The van der Waals surface area contributed by atoms with Gasteiger partial charge < -0.3 is 9.79 Å². The van der Waals surface area contributed by atoms with Gasteiger partial charge in [-0.3, -0.25) is 4.57 Å². The topological polar surface area (TPSA) is 57.5 Å². The zero-order valence-electron chi connectivity index (χ0n) is 17.7. The van der Waals surface area contributed by atoms with Crippen LogP contribution in [0.25, 0.3) is 0 Å². The van der Waals surface area contributed by atoms with Crippen molar-refractivity contribution in [2.24, 2.45) is 46.3 Å². The highest BCUT2D eigenvalue weighted by Gasteiger charge is 2.60. The maximum atomic E-state index is 11.4. The van der Waals surface area contributed by atoms with Gasteiger partial charge in [0.1, 0.15) is 0 Å². The molecule has 0 heterocycles. The molecule has 0 radical (unpaired) electrons. The van der Waals surface area contributed by atoms with Gasteiger partial charge in [-0.05, 0) is 104 Å². The molecule has 0 aromatic rings. The minimum atomic E-state index is -3.87. The quantitative estimate of drug-likeness (QED) is 0.553. The number of hydrogen-bond acceptors (Lipinski definition) is 1. The lowest BCUT2D eigenvalue weighted by molar-refractivity contribution is -0.114. The lowest BCUT2D eigenvalue weighted by atomic mass is 9.44. The fraction of sp³-hybridized carbons (Fsp3) is 1.00. The Bertz CT molecular complexity index is 600. The van der Waals surface area contributed by atoms with Crippen LogP contribution in [0.2, 0.25) is 0 Å². The minimum absolute atomic E-state index is 0.0667. The summed E-state index contributed by atoms with van der Waals surface area (Å²) >= 11 is 0. The van der Waals surface area contributed by atoms with Crippen LogP contribution in [0.5, 0.6) is 0 Å². The first-order valence-electron chi connectivity index (χ1n) is 11.7. The molecule has 4 aliphatic carbocycles. The highest BCUT2D eigenvalue weighted by Crippen LogP contribution is 2.68. The van der Waals surface area contributed by atoms with E-state index >= 15 is 0 Å². The van der Waals surface area contributed by atoms with Crippen LogP contribution in [0.1, 0.15) is 91.4 Å². The van der Waals surface area contributed by atoms with Crippen LogP contribution in [0.4, 0.5) is 0 Å². The second-order valence-electron chi connectivity index (χ2n) is 11.3. The first kappa shape index (κ1) is 20.4. The lowest BCUT2D eigenvalue weighted by Gasteiger charge is -2.61. The van der Waals surface area contributed by atoms with E-state index in [0.717, 1.165) is 23.7 Å². The molecule has 0 spiro atoms. The standard InChI is InChI=1S/C23H41O3P/c1-16(12-15-27(24,25)26)19-9-10-20-18-8-7-17-6-4-5-13-22(17,2)21(18)11-14-23(19,20)3/h16-21H,4-15H2,1-3H3,(H2,24,25,26)/t16-,17?,18?,19?,20?,21?,22?,23-/m1/s1.